The normalized spacial score (nSPS) is 15.4. The molecule has 0 amide bonds. The minimum atomic E-state index is 0.278. The van der Waals surface area contributed by atoms with E-state index in [1.807, 2.05) is 0 Å². The number of benzene rings is 1. The van der Waals surface area contributed by atoms with Crippen LogP contribution in [0.25, 0.3) is 0 Å². The van der Waals surface area contributed by atoms with Crippen molar-refractivity contribution in [3.8, 4) is 12.3 Å². The third kappa shape index (κ3) is 3.65. The summed E-state index contributed by atoms with van der Waals surface area (Å²) in [6, 6.07) is 10.7. The minimum absolute atomic E-state index is 0.278. The molecule has 0 radical (unpaired) electrons. The van der Waals surface area contributed by atoms with Gasteiger partial charge in [-0.05, 0) is 37.1 Å². The predicted octanol–water partition coefficient (Wildman–Crippen LogP) is 3.11. The van der Waals surface area contributed by atoms with Gasteiger partial charge < -0.3 is 9.80 Å². The highest BCUT2D eigenvalue weighted by Gasteiger charge is 2.23. The Morgan fingerprint density at radius 2 is 1.85 bits per heavy atom. The quantitative estimate of drug-likeness (QED) is 0.628. The monoisotopic (exact) mass is 332 g/mol. The van der Waals surface area contributed by atoms with Gasteiger partial charge in [0.15, 0.2) is 6.19 Å². The first kappa shape index (κ1) is 14.7. The smallest absolute Gasteiger partial charge is 0.179 e. The zero-order valence-electron chi connectivity index (χ0n) is 11.3. The average molecular weight is 333 g/mol. The lowest BCUT2D eigenvalue weighted by atomic mass is 10.0. The molecule has 1 aliphatic rings. The minimum Gasteiger partial charge on any atom is -0.371 e. The zero-order chi connectivity index (χ0) is 14.4. The summed E-state index contributed by atoms with van der Waals surface area (Å²) < 4.78 is 1.09. The SMILES string of the molecule is N#CCCN(C#N)C1CCN(c2ccc(Br)cc2)CC1. The van der Waals surface area contributed by atoms with Crippen molar-refractivity contribution in [2.45, 2.75) is 25.3 Å². The summed E-state index contributed by atoms with van der Waals surface area (Å²) in [5, 5.41) is 17.8. The van der Waals surface area contributed by atoms with Gasteiger partial charge in [-0.1, -0.05) is 15.9 Å². The number of rotatable bonds is 4. The second kappa shape index (κ2) is 7.17. The van der Waals surface area contributed by atoms with Gasteiger partial charge in [0, 0.05) is 35.8 Å². The van der Waals surface area contributed by atoms with Crippen LogP contribution in [0.2, 0.25) is 0 Å². The number of halogens is 1. The average Bonchev–Trinajstić information content (AvgIpc) is 2.49. The molecule has 0 aliphatic carbocycles. The molecule has 4 nitrogen and oxygen atoms in total. The van der Waals surface area contributed by atoms with Crippen LogP contribution in [0.3, 0.4) is 0 Å². The van der Waals surface area contributed by atoms with Gasteiger partial charge in [0.05, 0.1) is 12.5 Å². The number of hydrogen-bond donors (Lipinski definition) is 0. The summed E-state index contributed by atoms with van der Waals surface area (Å²) in [7, 11) is 0. The van der Waals surface area contributed by atoms with Crippen molar-refractivity contribution in [1.29, 1.82) is 10.5 Å². The predicted molar refractivity (Wildman–Crippen MR) is 81.9 cm³/mol. The van der Waals surface area contributed by atoms with Crippen molar-refractivity contribution in [3.63, 3.8) is 0 Å². The summed E-state index contributed by atoms with van der Waals surface area (Å²) >= 11 is 3.44. The number of anilines is 1. The Hall–Kier alpha value is -1.72. The summed E-state index contributed by atoms with van der Waals surface area (Å²) in [6.45, 7) is 2.46. The molecule has 0 atom stereocenters. The number of nitriles is 2. The van der Waals surface area contributed by atoms with Crippen LogP contribution in [0.5, 0.6) is 0 Å². The largest absolute Gasteiger partial charge is 0.371 e. The third-order valence-electron chi connectivity index (χ3n) is 3.69. The van der Waals surface area contributed by atoms with E-state index in [4.69, 9.17) is 10.5 Å². The molecule has 0 spiro atoms. The highest BCUT2D eigenvalue weighted by atomic mass is 79.9. The van der Waals surface area contributed by atoms with E-state index in [1.54, 1.807) is 4.90 Å². The van der Waals surface area contributed by atoms with E-state index >= 15 is 0 Å². The number of piperidine rings is 1. The summed E-state index contributed by atoms with van der Waals surface area (Å²) in [5.41, 5.74) is 1.23. The standard InChI is InChI=1S/C15H17BrN4/c16-13-2-4-14(5-3-13)19-10-6-15(7-11-19)20(12-18)9-1-8-17/h2-5,15H,1,6-7,9-11H2. The molecule has 20 heavy (non-hydrogen) atoms. The Labute approximate surface area is 128 Å². The third-order valence-corrected chi connectivity index (χ3v) is 4.22. The molecule has 1 saturated heterocycles. The fourth-order valence-corrected chi connectivity index (χ4v) is 2.84. The summed E-state index contributed by atoms with van der Waals surface area (Å²) in [5.74, 6) is 0. The van der Waals surface area contributed by atoms with E-state index < -0.39 is 0 Å². The lowest BCUT2D eigenvalue weighted by molar-refractivity contribution is 0.251. The summed E-state index contributed by atoms with van der Waals surface area (Å²) in [4.78, 5) is 4.12. The molecule has 2 rings (SSSR count). The van der Waals surface area contributed by atoms with E-state index in [1.165, 1.54) is 5.69 Å². The van der Waals surface area contributed by atoms with Gasteiger partial charge in [-0.2, -0.15) is 10.5 Å². The zero-order valence-corrected chi connectivity index (χ0v) is 12.9. The second-order valence-corrected chi connectivity index (χ2v) is 5.81. The Morgan fingerprint density at radius 3 is 2.40 bits per heavy atom. The van der Waals surface area contributed by atoms with Crippen LogP contribution in [-0.2, 0) is 0 Å². The fraction of sp³-hybridized carbons (Fsp3) is 0.467. The van der Waals surface area contributed by atoms with E-state index in [-0.39, 0.29) is 6.04 Å². The maximum atomic E-state index is 9.17. The second-order valence-electron chi connectivity index (χ2n) is 4.90. The van der Waals surface area contributed by atoms with Gasteiger partial charge in [0.25, 0.3) is 0 Å². The molecular weight excluding hydrogens is 316 g/mol. The van der Waals surface area contributed by atoms with Gasteiger partial charge in [-0.3, -0.25) is 0 Å². The van der Waals surface area contributed by atoms with Crippen LogP contribution < -0.4 is 4.90 Å². The maximum absolute atomic E-state index is 9.17. The van der Waals surface area contributed by atoms with Crippen molar-refractivity contribution >= 4 is 21.6 Å². The maximum Gasteiger partial charge on any atom is 0.179 e. The van der Waals surface area contributed by atoms with E-state index in [2.05, 4.69) is 57.4 Å². The van der Waals surface area contributed by atoms with E-state index in [9.17, 15) is 0 Å². The van der Waals surface area contributed by atoms with E-state index in [0.29, 0.717) is 13.0 Å². The highest BCUT2D eigenvalue weighted by Crippen LogP contribution is 2.24. The van der Waals surface area contributed by atoms with Crippen molar-refractivity contribution in [2.24, 2.45) is 0 Å². The van der Waals surface area contributed by atoms with Crippen LogP contribution in [0.15, 0.2) is 28.7 Å². The molecule has 0 unspecified atom stereocenters. The Bertz CT molecular complexity index is 506. The van der Waals surface area contributed by atoms with Crippen LogP contribution in [0.1, 0.15) is 19.3 Å². The van der Waals surface area contributed by atoms with Crippen LogP contribution in [0, 0.1) is 22.8 Å². The van der Waals surface area contributed by atoms with Gasteiger partial charge in [0.2, 0.25) is 0 Å². The molecule has 0 aromatic heterocycles. The first-order chi connectivity index (χ1) is 9.74. The molecule has 0 N–H and O–H groups in total. The molecule has 0 bridgehead atoms. The first-order valence-electron chi connectivity index (χ1n) is 6.78. The lowest BCUT2D eigenvalue weighted by Gasteiger charge is -2.37. The van der Waals surface area contributed by atoms with Gasteiger partial charge in [-0.25, -0.2) is 0 Å². The number of hydrogen-bond acceptors (Lipinski definition) is 4. The van der Waals surface area contributed by atoms with Crippen LogP contribution in [0.4, 0.5) is 5.69 Å². The van der Waals surface area contributed by atoms with Gasteiger partial charge >= 0.3 is 0 Å². The molecule has 1 aromatic carbocycles. The van der Waals surface area contributed by atoms with Gasteiger partial charge in [-0.15, -0.1) is 0 Å². The molecule has 1 fully saturated rings. The molecule has 104 valence electrons. The highest BCUT2D eigenvalue weighted by molar-refractivity contribution is 9.10. The molecule has 0 saturated carbocycles. The fourth-order valence-electron chi connectivity index (χ4n) is 2.57. The van der Waals surface area contributed by atoms with Gasteiger partial charge in [0.1, 0.15) is 0 Å². The molecular formula is C15H17BrN4. The van der Waals surface area contributed by atoms with Crippen LogP contribution >= 0.6 is 15.9 Å². The lowest BCUT2D eigenvalue weighted by Crippen LogP contribution is -2.43. The van der Waals surface area contributed by atoms with Crippen molar-refractivity contribution in [2.75, 3.05) is 24.5 Å². The first-order valence-corrected chi connectivity index (χ1v) is 7.57. The van der Waals surface area contributed by atoms with Crippen LogP contribution in [-0.4, -0.2) is 30.6 Å². The molecule has 1 aromatic rings. The summed E-state index contributed by atoms with van der Waals surface area (Å²) in [6.07, 6.45) is 4.58. The molecule has 1 heterocycles. The van der Waals surface area contributed by atoms with Crippen molar-refractivity contribution < 1.29 is 0 Å². The van der Waals surface area contributed by atoms with E-state index in [0.717, 1.165) is 30.4 Å². The topological polar surface area (TPSA) is 54.1 Å². The molecule has 5 heteroatoms. The van der Waals surface area contributed by atoms with Crippen molar-refractivity contribution in [3.05, 3.63) is 28.7 Å². The molecule has 1 aliphatic heterocycles. The Kier molecular flexibility index (Phi) is 5.26. The number of nitrogens with zero attached hydrogens (tertiary/aromatic N) is 4. The Morgan fingerprint density at radius 1 is 1.20 bits per heavy atom. The Balaban J connectivity index is 1.90. The van der Waals surface area contributed by atoms with Crippen molar-refractivity contribution in [1.82, 2.24) is 4.90 Å².